The van der Waals surface area contributed by atoms with Crippen molar-refractivity contribution in [1.29, 1.82) is 0 Å². The van der Waals surface area contributed by atoms with Crippen molar-refractivity contribution in [3.05, 3.63) is 82.7 Å². The Bertz CT molecular complexity index is 1480. The number of amides is 2. The van der Waals surface area contributed by atoms with Gasteiger partial charge in [-0.15, -0.1) is 0 Å². The van der Waals surface area contributed by atoms with E-state index in [9.17, 15) is 18.0 Å². The van der Waals surface area contributed by atoms with Crippen LogP contribution in [0.1, 0.15) is 46.1 Å². The van der Waals surface area contributed by atoms with E-state index in [-0.39, 0.29) is 22.4 Å². The van der Waals surface area contributed by atoms with E-state index >= 15 is 0 Å². The number of nitrogens with zero attached hydrogens (tertiary/aromatic N) is 3. The van der Waals surface area contributed by atoms with Crippen LogP contribution < -0.4 is 9.46 Å². The smallest absolute Gasteiger partial charge is 0.281 e. The number of benzene rings is 1. The van der Waals surface area contributed by atoms with Crippen LogP contribution in [-0.2, 0) is 14.8 Å². The molecule has 0 unspecified atom stereocenters. The van der Waals surface area contributed by atoms with E-state index in [0.29, 0.717) is 31.0 Å². The summed E-state index contributed by atoms with van der Waals surface area (Å²) in [5, 5.41) is -0.275. The van der Waals surface area contributed by atoms with Gasteiger partial charge in [0.25, 0.3) is 15.9 Å². The predicted molar refractivity (Wildman–Crippen MR) is 139 cm³/mol. The van der Waals surface area contributed by atoms with Gasteiger partial charge in [-0.2, -0.15) is 8.42 Å². The third-order valence-corrected chi connectivity index (χ3v) is 7.28. The maximum atomic E-state index is 13.2. The first-order chi connectivity index (χ1) is 17.5. The predicted octanol–water partition coefficient (Wildman–Crippen LogP) is 3.95. The Morgan fingerprint density at radius 3 is 2.38 bits per heavy atom. The molecule has 0 fully saturated rings. The van der Waals surface area contributed by atoms with E-state index in [2.05, 4.69) is 14.7 Å². The minimum atomic E-state index is -4.21. The van der Waals surface area contributed by atoms with E-state index in [0.717, 1.165) is 22.3 Å². The lowest BCUT2D eigenvalue weighted by Gasteiger charge is -2.25. The standard InChI is InChI=1S/C27H28N4O5S/c1-17-15-18(2)25(19(3)16-17)36-27-22(26(33)30-37(34,35)24-7-5-6-12-28-24)8-9-23(29-27)21-10-13-31(14-11-21)20(4)32/h5-10,12,15-16H,11,13-14H2,1-4H3,(H,30,33). The quantitative estimate of drug-likeness (QED) is 0.523. The second-order valence-corrected chi connectivity index (χ2v) is 10.6. The molecule has 0 saturated heterocycles. The van der Waals surface area contributed by atoms with Crippen LogP contribution in [0.25, 0.3) is 5.57 Å². The number of hydrogen-bond donors (Lipinski definition) is 1. The summed E-state index contributed by atoms with van der Waals surface area (Å²) in [5.41, 5.74) is 4.23. The third kappa shape index (κ3) is 5.86. The monoisotopic (exact) mass is 520 g/mol. The van der Waals surface area contributed by atoms with Crippen LogP contribution in [0.2, 0.25) is 0 Å². The van der Waals surface area contributed by atoms with Gasteiger partial charge in [-0.05, 0) is 68.2 Å². The summed E-state index contributed by atoms with van der Waals surface area (Å²) < 4.78 is 33.7. The Kier molecular flexibility index (Phi) is 7.40. The van der Waals surface area contributed by atoms with Crippen molar-refractivity contribution in [2.24, 2.45) is 0 Å². The van der Waals surface area contributed by atoms with Crippen LogP contribution in [0.5, 0.6) is 11.6 Å². The largest absolute Gasteiger partial charge is 0.438 e. The number of nitrogens with one attached hydrogen (secondary N) is 1. The summed E-state index contributed by atoms with van der Waals surface area (Å²) in [7, 11) is -4.21. The normalized spacial score (nSPS) is 13.6. The molecule has 0 radical (unpaired) electrons. The summed E-state index contributed by atoms with van der Waals surface area (Å²) in [6.45, 7) is 8.31. The van der Waals surface area contributed by atoms with Crippen LogP contribution >= 0.6 is 0 Å². The molecule has 1 aliphatic rings. The summed E-state index contributed by atoms with van der Waals surface area (Å²) >= 11 is 0. The van der Waals surface area contributed by atoms with Crippen LogP contribution in [0.15, 0.2) is 59.8 Å². The van der Waals surface area contributed by atoms with Crippen LogP contribution in [0, 0.1) is 20.8 Å². The van der Waals surface area contributed by atoms with Gasteiger partial charge >= 0.3 is 0 Å². The first kappa shape index (κ1) is 26.0. The van der Waals surface area contributed by atoms with E-state index in [4.69, 9.17) is 4.74 Å². The van der Waals surface area contributed by atoms with Gasteiger partial charge in [-0.1, -0.05) is 29.8 Å². The fourth-order valence-corrected chi connectivity index (χ4v) is 5.13. The number of hydrogen-bond acceptors (Lipinski definition) is 7. The number of carbonyl (C=O) groups is 2. The van der Waals surface area contributed by atoms with Crippen LogP contribution in [-0.4, -0.2) is 48.2 Å². The first-order valence-corrected chi connectivity index (χ1v) is 13.2. The number of aryl methyl sites for hydroxylation is 3. The zero-order valence-electron chi connectivity index (χ0n) is 21.1. The molecule has 0 spiro atoms. The summed E-state index contributed by atoms with van der Waals surface area (Å²) in [4.78, 5) is 35.0. The summed E-state index contributed by atoms with van der Waals surface area (Å²) in [6.07, 6.45) is 3.84. The molecule has 2 aromatic heterocycles. The minimum absolute atomic E-state index is 0.00117. The maximum Gasteiger partial charge on any atom is 0.281 e. The number of sulfonamides is 1. The zero-order valence-corrected chi connectivity index (χ0v) is 21.9. The molecule has 0 bridgehead atoms. The third-order valence-electron chi connectivity index (χ3n) is 6.03. The molecule has 1 aliphatic heterocycles. The van der Waals surface area contributed by atoms with E-state index in [1.807, 2.05) is 39.0 Å². The fourth-order valence-electron chi connectivity index (χ4n) is 4.22. The lowest BCUT2D eigenvalue weighted by atomic mass is 10.0. The minimum Gasteiger partial charge on any atom is -0.438 e. The van der Waals surface area contributed by atoms with Crippen LogP contribution in [0.3, 0.4) is 0 Å². The highest BCUT2D eigenvalue weighted by molar-refractivity contribution is 7.90. The van der Waals surface area contributed by atoms with Crippen molar-refractivity contribution < 1.29 is 22.7 Å². The summed E-state index contributed by atoms with van der Waals surface area (Å²) in [5.74, 6) is -0.366. The van der Waals surface area contributed by atoms with Crippen molar-refractivity contribution >= 4 is 27.4 Å². The molecule has 0 aliphatic carbocycles. The molecule has 10 heteroatoms. The average molecular weight is 521 g/mol. The summed E-state index contributed by atoms with van der Waals surface area (Å²) in [6, 6.07) is 11.5. The van der Waals surface area contributed by atoms with Gasteiger partial charge in [0, 0.05) is 26.2 Å². The molecule has 3 aromatic rings. The Balaban J connectivity index is 1.73. The number of pyridine rings is 2. The van der Waals surface area contributed by atoms with Crippen molar-refractivity contribution in [2.75, 3.05) is 13.1 Å². The van der Waals surface area contributed by atoms with Crippen molar-refractivity contribution in [1.82, 2.24) is 19.6 Å². The van der Waals surface area contributed by atoms with Crippen molar-refractivity contribution in [2.45, 2.75) is 39.1 Å². The molecule has 1 N–H and O–H groups in total. The van der Waals surface area contributed by atoms with Gasteiger partial charge in [-0.25, -0.2) is 14.7 Å². The number of ether oxygens (including phenoxy) is 1. The SMILES string of the molecule is CC(=O)N1CC=C(c2ccc(C(=O)NS(=O)(=O)c3ccccn3)c(Oc3c(C)cc(C)cc3C)n2)CC1. The number of aromatic nitrogens is 2. The van der Waals surface area contributed by atoms with E-state index in [1.165, 1.54) is 31.3 Å². The highest BCUT2D eigenvalue weighted by Gasteiger charge is 2.25. The lowest BCUT2D eigenvalue weighted by molar-refractivity contribution is -0.128. The van der Waals surface area contributed by atoms with Gasteiger partial charge in [0.05, 0.1) is 5.69 Å². The Morgan fingerprint density at radius 1 is 1.05 bits per heavy atom. The van der Waals surface area contributed by atoms with Gasteiger partial charge < -0.3 is 9.64 Å². The molecule has 1 aromatic carbocycles. The average Bonchev–Trinajstić information content (AvgIpc) is 2.86. The molecule has 9 nitrogen and oxygen atoms in total. The number of rotatable bonds is 6. The van der Waals surface area contributed by atoms with Gasteiger partial charge in [-0.3, -0.25) is 9.59 Å². The van der Waals surface area contributed by atoms with E-state index in [1.54, 1.807) is 17.0 Å². The van der Waals surface area contributed by atoms with Gasteiger partial charge in [0.1, 0.15) is 11.3 Å². The molecule has 4 rings (SSSR count). The second kappa shape index (κ2) is 10.5. The van der Waals surface area contributed by atoms with Gasteiger partial charge in [0.2, 0.25) is 11.8 Å². The Labute approximate surface area is 216 Å². The highest BCUT2D eigenvalue weighted by Crippen LogP contribution is 2.32. The van der Waals surface area contributed by atoms with Crippen molar-refractivity contribution in [3.63, 3.8) is 0 Å². The maximum absolute atomic E-state index is 13.2. The highest BCUT2D eigenvalue weighted by atomic mass is 32.2. The first-order valence-electron chi connectivity index (χ1n) is 11.7. The molecule has 0 saturated carbocycles. The zero-order chi connectivity index (χ0) is 26.7. The van der Waals surface area contributed by atoms with E-state index < -0.39 is 15.9 Å². The lowest BCUT2D eigenvalue weighted by Crippen LogP contribution is -2.33. The Morgan fingerprint density at radius 2 is 1.78 bits per heavy atom. The molecule has 0 atom stereocenters. The van der Waals surface area contributed by atoms with Crippen LogP contribution in [0.4, 0.5) is 0 Å². The fraction of sp³-hybridized carbons (Fsp3) is 0.259. The second-order valence-electron chi connectivity index (χ2n) is 8.93. The number of carbonyl (C=O) groups excluding carboxylic acids is 2. The van der Waals surface area contributed by atoms with Gasteiger partial charge in [0.15, 0.2) is 5.03 Å². The topological polar surface area (TPSA) is 119 Å². The molecular formula is C27H28N4O5S. The molecule has 3 heterocycles. The molecule has 37 heavy (non-hydrogen) atoms. The molecule has 192 valence electrons. The molecule has 2 amide bonds. The van der Waals surface area contributed by atoms with Crippen molar-refractivity contribution in [3.8, 4) is 11.6 Å². The molecular weight excluding hydrogens is 492 g/mol. The Hall–Kier alpha value is -4.05.